The molecule has 0 radical (unpaired) electrons. The number of carbonyl (C=O) groups is 1. The number of terminal acetylenes is 1. The summed E-state index contributed by atoms with van der Waals surface area (Å²) in [4.78, 5) is 19.8. The Morgan fingerprint density at radius 1 is 1.29 bits per heavy atom. The number of nitrogens with zero attached hydrogens (tertiary/aromatic N) is 2. The minimum absolute atomic E-state index is 0. The van der Waals surface area contributed by atoms with Crippen molar-refractivity contribution in [2.45, 2.75) is 39.0 Å². The molecule has 1 aromatic heterocycles. The molecule has 10 heteroatoms. The molecule has 3 rings (SSSR count). The molecule has 1 aliphatic rings. The molecule has 0 bridgehead atoms. The van der Waals surface area contributed by atoms with E-state index in [4.69, 9.17) is 15.9 Å². The number of nitrogens with one attached hydrogen (secondary N) is 1. The molecule has 1 atom stereocenters. The molecular weight excluding hydrogens is 403 g/mol. The summed E-state index contributed by atoms with van der Waals surface area (Å²) in [6.45, 7) is 3.80. The summed E-state index contributed by atoms with van der Waals surface area (Å²) in [5, 5.41) is 14.3. The number of aryl methyl sites for hydroxylation is 1. The van der Waals surface area contributed by atoms with Crippen molar-refractivity contribution in [2.75, 3.05) is 18.5 Å². The topological polar surface area (TPSA) is 96.4 Å². The number of alkyl halides is 2. The number of halogens is 2. The van der Waals surface area contributed by atoms with Crippen LogP contribution in [0.5, 0.6) is 0 Å². The fraction of sp³-hybridized carbons (Fsp3) is 0.381. The number of hydrogen-bond donors (Lipinski definition) is 1. The molecular formula is C21H20F2LiN3O4. The number of aromatic nitrogens is 2. The Morgan fingerprint density at radius 3 is 2.52 bits per heavy atom. The van der Waals surface area contributed by atoms with Gasteiger partial charge in [-0.15, -0.1) is 6.42 Å². The Bertz CT molecular complexity index is 991. The zero-order valence-corrected chi connectivity index (χ0v) is 17.4. The van der Waals surface area contributed by atoms with Crippen LogP contribution in [0.2, 0.25) is 0 Å². The zero-order chi connectivity index (χ0) is 21.8. The summed E-state index contributed by atoms with van der Waals surface area (Å²) in [5.41, 5.74) is 1.19. The predicted octanol–water partition coefficient (Wildman–Crippen LogP) is -0.841. The number of hydrogen-bond acceptors (Lipinski definition) is 7. The fourth-order valence-corrected chi connectivity index (χ4v) is 3.36. The molecule has 0 unspecified atom stereocenters. The number of carboxylic acids is 1. The van der Waals surface area contributed by atoms with Gasteiger partial charge >= 0.3 is 18.9 Å². The van der Waals surface area contributed by atoms with Gasteiger partial charge < -0.3 is 24.7 Å². The molecule has 0 aliphatic carbocycles. The fourth-order valence-electron chi connectivity index (χ4n) is 3.36. The number of carboxylic acid groups (broad SMARTS) is 1. The Kier molecular flexibility index (Phi) is 8.55. The molecule has 0 amide bonds. The third-order valence-corrected chi connectivity index (χ3v) is 4.72. The van der Waals surface area contributed by atoms with E-state index in [9.17, 15) is 18.7 Å². The van der Waals surface area contributed by atoms with E-state index in [1.165, 1.54) is 12.1 Å². The first-order chi connectivity index (χ1) is 14.3. The summed E-state index contributed by atoms with van der Waals surface area (Å²) >= 11 is 0. The van der Waals surface area contributed by atoms with Crippen LogP contribution in [0.15, 0.2) is 18.2 Å². The van der Waals surface area contributed by atoms with Crippen molar-refractivity contribution in [1.29, 1.82) is 0 Å². The Balaban J connectivity index is 0.00000341. The van der Waals surface area contributed by atoms with Crippen molar-refractivity contribution < 1.29 is 47.0 Å². The monoisotopic (exact) mass is 423 g/mol. The number of ether oxygens (including phenoxy) is 2. The van der Waals surface area contributed by atoms with Crippen LogP contribution in [-0.4, -0.2) is 29.2 Å². The maximum absolute atomic E-state index is 13.3. The van der Waals surface area contributed by atoms with Gasteiger partial charge in [0.2, 0.25) is 0 Å². The molecule has 0 spiro atoms. The number of carbonyl (C=O) groups excluding carboxylic acids is 1. The molecule has 1 aliphatic heterocycles. The Hall–Kier alpha value is -2.49. The smallest absolute Gasteiger partial charge is 0.550 e. The van der Waals surface area contributed by atoms with Gasteiger partial charge in [0.05, 0.1) is 24.5 Å². The van der Waals surface area contributed by atoms with Gasteiger partial charge in [-0.1, -0.05) is 24.1 Å². The normalized spacial score (nSPS) is 14.7. The van der Waals surface area contributed by atoms with Crippen molar-refractivity contribution in [3.8, 4) is 12.3 Å². The Labute approximate surface area is 190 Å². The van der Waals surface area contributed by atoms with Gasteiger partial charge in [-0.3, -0.25) is 0 Å². The summed E-state index contributed by atoms with van der Waals surface area (Å²) in [6, 6.07) is 3.69. The third-order valence-electron chi connectivity index (χ3n) is 4.72. The molecule has 1 fully saturated rings. The van der Waals surface area contributed by atoms with E-state index in [-0.39, 0.29) is 35.9 Å². The number of benzene rings is 1. The van der Waals surface area contributed by atoms with E-state index < -0.39 is 31.1 Å². The van der Waals surface area contributed by atoms with Crippen molar-refractivity contribution in [3.05, 3.63) is 52.0 Å². The minimum Gasteiger partial charge on any atom is -0.550 e. The maximum Gasteiger partial charge on any atom is 1.00 e. The maximum atomic E-state index is 13.3. The van der Waals surface area contributed by atoms with Gasteiger partial charge in [0.25, 0.3) is 6.43 Å². The molecule has 31 heavy (non-hydrogen) atoms. The first kappa shape index (κ1) is 24.8. The van der Waals surface area contributed by atoms with Crippen molar-refractivity contribution in [3.63, 3.8) is 0 Å². The van der Waals surface area contributed by atoms with E-state index in [0.717, 1.165) is 0 Å². The van der Waals surface area contributed by atoms with Crippen LogP contribution >= 0.6 is 0 Å². The average Bonchev–Trinajstić information content (AvgIpc) is 3.19. The summed E-state index contributed by atoms with van der Waals surface area (Å²) in [7, 11) is 0. The van der Waals surface area contributed by atoms with E-state index in [1.807, 2.05) is 0 Å². The van der Waals surface area contributed by atoms with Gasteiger partial charge in [-0.25, -0.2) is 18.7 Å². The van der Waals surface area contributed by atoms with E-state index >= 15 is 0 Å². The summed E-state index contributed by atoms with van der Waals surface area (Å²) in [5.74, 6) is 1.73. The molecule has 1 N–H and O–H groups in total. The van der Waals surface area contributed by atoms with Crippen LogP contribution in [-0.2, 0) is 20.7 Å². The first-order valence-corrected chi connectivity index (χ1v) is 9.22. The van der Waals surface area contributed by atoms with Crippen LogP contribution in [0.25, 0.3) is 0 Å². The quantitative estimate of drug-likeness (QED) is 0.458. The van der Waals surface area contributed by atoms with Crippen molar-refractivity contribution >= 4 is 11.8 Å². The summed E-state index contributed by atoms with van der Waals surface area (Å²) in [6.07, 6.45) is 1.70. The SMILES string of the molecule is C#C[C@@H](Nc1nc(C)nc(CC(=O)[O-])c1C1OCCO1)c1cccc(C(F)F)c1C.[Li+]. The molecule has 1 saturated heterocycles. The minimum atomic E-state index is -2.64. The van der Waals surface area contributed by atoms with Crippen molar-refractivity contribution in [2.24, 2.45) is 0 Å². The van der Waals surface area contributed by atoms with E-state index in [1.54, 1.807) is 19.9 Å². The zero-order valence-electron chi connectivity index (χ0n) is 17.4. The standard InChI is InChI=1S/C21H21F2N3O4.Li/c1-4-15(13-6-5-7-14(11(13)2)19(22)23)26-20-18(21-29-8-9-30-21)16(10-17(27)28)24-12(3)25-20;/h1,5-7,15,19,21H,8-10H2,2-3H3,(H,27,28)(H,24,25,26);/q;+1/p-1/t15-;/m1./s1. The van der Waals surface area contributed by atoms with Gasteiger partial charge in [0.15, 0.2) is 6.29 Å². The van der Waals surface area contributed by atoms with Gasteiger partial charge in [-0.2, -0.15) is 0 Å². The number of anilines is 1. The molecule has 0 saturated carbocycles. The van der Waals surface area contributed by atoms with Gasteiger partial charge in [-0.05, 0) is 25.0 Å². The van der Waals surface area contributed by atoms with Gasteiger partial charge in [0.1, 0.15) is 17.7 Å². The molecule has 1 aromatic carbocycles. The second kappa shape index (κ2) is 10.7. The van der Waals surface area contributed by atoms with Crippen LogP contribution in [0.3, 0.4) is 0 Å². The Morgan fingerprint density at radius 2 is 1.94 bits per heavy atom. The van der Waals surface area contributed by atoms with Crippen LogP contribution in [0, 0.1) is 26.2 Å². The summed E-state index contributed by atoms with van der Waals surface area (Å²) < 4.78 is 37.7. The number of rotatable bonds is 7. The third kappa shape index (κ3) is 5.60. The second-order valence-corrected chi connectivity index (χ2v) is 6.71. The number of aliphatic carboxylic acids is 1. The molecule has 7 nitrogen and oxygen atoms in total. The molecule has 2 aromatic rings. The molecule has 158 valence electrons. The largest absolute Gasteiger partial charge is 1.00 e. The van der Waals surface area contributed by atoms with Crippen molar-refractivity contribution in [1.82, 2.24) is 9.97 Å². The predicted molar refractivity (Wildman–Crippen MR) is 101 cm³/mol. The van der Waals surface area contributed by atoms with Gasteiger partial charge in [0, 0.05) is 18.0 Å². The van der Waals surface area contributed by atoms with Crippen LogP contribution in [0.4, 0.5) is 14.6 Å². The molecule has 2 heterocycles. The van der Waals surface area contributed by atoms with E-state index in [0.29, 0.717) is 35.7 Å². The van der Waals surface area contributed by atoms with Crippen LogP contribution < -0.4 is 29.3 Å². The average molecular weight is 423 g/mol. The van der Waals surface area contributed by atoms with Crippen LogP contribution in [0.1, 0.15) is 52.5 Å². The second-order valence-electron chi connectivity index (χ2n) is 6.71. The first-order valence-electron chi connectivity index (χ1n) is 9.22. The van der Waals surface area contributed by atoms with E-state index in [2.05, 4.69) is 21.2 Å².